The number of aromatic amines is 1. The normalized spacial score (nSPS) is 12.1. The minimum atomic E-state index is -1.12. The zero-order valence-corrected chi connectivity index (χ0v) is 11.2. The number of aliphatic carboxylic acids is 1. The summed E-state index contributed by atoms with van der Waals surface area (Å²) in [4.78, 5) is 29.9. The highest BCUT2D eigenvalue weighted by Gasteiger charge is 2.23. The number of aromatic nitrogens is 2. The van der Waals surface area contributed by atoms with E-state index >= 15 is 0 Å². The lowest BCUT2D eigenvalue weighted by molar-refractivity contribution is -0.139. The molecular weight excluding hydrogens is 290 g/mol. The van der Waals surface area contributed by atoms with Crippen LogP contribution < -0.4 is 5.32 Å². The largest absolute Gasteiger partial charge is 0.480 e. The summed E-state index contributed by atoms with van der Waals surface area (Å²) in [6.45, 7) is 0. The quantitative estimate of drug-likeness (QED) is 0.780. The maximum absolute atomic E-state index is 11.9. The molecule has 0 fully saturated rings. The smallest absolute Gasteiger partial charge is 0.326 e. The predicted molar refractivity (Wildman–Crippen MR) is 70.5 cm³/mol. The van der Waals surface area contributed by atoms with Gasteiger partial charge in [-0.25, -0.2) is 9.78 Å². The molecule has 1 atom stereocenters. The molecule has 2 aromatic rings. The number of hydrogen-bond acceptors (Lipinski definition) is 4. The second-order valence-electron chi connectivity index (χ2n) is 3.74. The van der Waals surface area contributed by atoms with Gasteiger partial charge in [0.2, 0.25) is 0 Å². The van der Waals surface area contributed by atoms with Gasteiger partial charge in [-0.15, -0.1) is 11.3 Å². The minimum Gasteiger partial charge on any atom is -0.480 e. The number of carbonyl (C=O) groups is 2. The van der Waals surface area contributed by atoms with Crippen LogP contribution in [0.2, 0.25) is 5.02 Å². The third-order valence-corrected chi connectivity index (χ3v) is 3.75. The van der Waals surface area contributed by atoms with Crippen molar-refractivity contribution in [1.29, 1.82) is 0 Å². The maximum atomic E-state index is 11.9. The van der Waals surface area contributed by atoms with Crippen LogP contribution in [0.25, 0.3) is 0 Å². The molecular formula is C11H10ClN3O3S. The second-order valence-corrected chi connectivity index (χ2v) is 5.07. The molecule has 0 bridgehead atoms. The molecule has 100 valence electrons. The second kappa shape index (κ2) is 5.85. The van der Waals surface area contributed by atoms with Gasteiger partial charge in [0, 0.05) is 18.3 Å². The monoisotopic (exact) mass is 299 g/mol. The summed E-state index contributed by atoms with van der Waals surface area (Å²) >= 11 is 6.99. The molecule has 2 heterocycles. The summed E-state index contributed by atoms with van der Waals surface area (Å²) in [5, 5.41) is 13.5. The van der Waals surface area contributed by atoms with E-state index in [4.69, 9.17) is 16.7 Å². The number of amides is 1. The molecule has 0 saturated carbocycles. The molecule has 0 spiro atoms. The van der Waals surface area contributed by atoms with Crippen molar-refractivity contribution in [2.45, 2.75) is 12.5 Å². The van der Waals surface area contributed by atoms with Crippen molar-refractivity contribution in [3.8, 4) is 0 Å². The molecule has 0 saturated heterocycles. The van der Waals surface area contributed by atoms with Crippen molar-refractivity contribution < 1.29 is 14.7 Å². The van der Waals surface area contributed by atoms with E-state index in [1.165, 1.54) is 12.5 Å². The van der Waals surface area contributed by atoms with Crippen molar-refractivity contribution in [3.05, 3.63) is 39.6 Å². The standard InChI is InChI=1S/C11H10ClN3O3S/c12-7-1-2-19-9(7)10(16)15-8(11(17)18)3-6-4-13-5-14-6/h1-2,4-5,8H,3H2,(H,13,14)(H,15,16)(H,17,18). The Balaban J connectivity index is 2.07. The summed E-state index contributed by atoms with van der Waals surface area (Å²) in [6, 6.07) is 0.553. The first-order valence-electron chi connectivity index (χ1n) is 5.32. The molecule has 19 heavy (non-hydrogen) atoms. The molecule has 3 N–H and O–H groups in total. The number of hydrogen-bond donors (Lipinski definition) is 3. The maximum Gasteiger partial charge on any atom is 0.326 e. The summed E-state index contributed by atoms with van der Waals surface area (Å²) < 4.78 is 0. The number of rotatable bonds is 5. The van der Waals surface area contributed by atoms with Gasteiger partial charge in [-0.2, -0.15) is 0 Å². The topological polar surface area (TPSA) is 95.1 Å². The van der Waals surface area contributed by atoms with E-state index in [0.29, 0.717) is 15.6 Å². The van der Waals surface area contributed by atoms with Crippen molar-refractivity contribution in [1.82, 2.24) is 15.3 Å². The van der Waals surface area contributed by atoms with Gasteiger partial charge in [-0.3, -0.25) is 4.79 Å². The fraction of sp³-hybridized carbons (Fsp3) is 0.182. The van der Waals surface area contributed by atoms with Gasteiger partial charge in [-0.05, 0) is 11.4 Å². The lowest BCUT2D eigenvalue weighted by Crippen LogP contribution is -2.42. The fourth-order valence-corrected chi connectivity index (χ4v) is 2.54. The van der Waals surface area contributed by atoms with Gasteiger partial charge in [0.05, 0.1) is 11.3 Å². The Morgan fingerprint density at radius 1 is 1.58 bits per heavy atom. The van der Waals surface area contributed by atoms with E-state index in [0.717, 1.165) is 11.3 Å². The first-order valence-corrected chi connectivity index (χ1v) is 6.57. The highest BCUT2D eigenvalue weighted by Crippen LogP contribution is 2.21. The highest BCUT2D eigenvalue weighted by atomic mass is 35.5. The molecule has 0 radical (unpaired) electrons. The van der Waals surface area contributed by atoms with Crippen LogP contribution in [-0.4, -0.2) is 33.0 Å². The van der Waals surface area contributed by atoms with Gasteiger partial charge in [0.1, 0.15) is 10.9 Å². The molecule has 0 aromatic carbocycles. The summed E-state index contributed by atoms with van der Waals surface area (Å²) in [5.41, 5.74) is 0.630. The van der Waals surface area contributed by atoms with E-state index in [1.807, 2.05) is 0 Å². The Hall–Kier alpha value is -1.86. The highest BCUT2D eigenvalue weighted by molar-refractivity contribution is 7.12. The fourth-order valence-electron chi connectivity index (χ4n) is 1.50. The SMILES string of the molecule is O=C(NC(Cc1cnc[nH]1)C(=O)O)c1sccc1Cl. The van der Waals surface area contributed by atoms with Gasteiger partial charge in [0.15, 0.2) is 0 Å². The number of thiophene rings is 1. The van der Waals surface area contributed by atoms with E-state index < -0.39 is 17.9 Å². The third-order valence-electron chi connectivity index (χ3n) is 2.41. The van der Waals surface area contributed by atoms with Gasteiger partial charge in [0.25, 0.3) is 5.91 Å². The number of halogens is 1. The van der Waals surface area contributed by atoms with E-state index in [9.17, 15) is 9.59 Å². The number of carboxylic acid groups (broad SMARTS) is 1. The minimum absolute atomic E-state index is 0.129. The molecule has 0 aliphatic heterocycles. The zero-order valence-electron chi connectivity index (χ0n) is 9.59. The molecule has 0 aliphatic rings. The van der Waals surface area contributed by atoms with Crippen LogP contribution in [0.3, 0.4) is 0 Å². The van der Waals surface area contributed by atoms with Crippen LogP contribution in [0.1, 0.15) is 15.4 Å². The number of nitrogens with one attached hydrogen (secondary N) is 2. The van der Waals surface area contributed by atoms with Crippen LogP contribution in [0.5, 0.6) is 0 Å². The average Bonchev–Trinajstić information content (AvgIpc) is 2.99. The third kappa shape index (κ3) is 3.33. The number of carbonyl (C=O) groups excluding carboxylic acids is 1. The number of nitrogens with zero attached hydrogens (tertiary/aromatic N) is 1. The van der Waals surface area contributed by atoms with E-state index in [2.05, 4.69) is 15.3 Å². The van der Waals surface area contributed by atoms with Crippen molar-refractivity contribution in [2.75, 3.05) is 0 Å². The summed E-state index contributed by atoms with van der Waals surface area (Å²) in [5.74, 6) is -1.61. The van der Waals surface area contributed by atoms with Crippen LogP contribution >= 0.6 is 22.9 Å². The van der Waals surface area contributed by atoms with E-state index in [1.54, 1.807) is 11.4 Å². The predicted octanol–water partition coefficient (Wildman–Crippen LogP) is 1.55. The number of carboxylic acids is 1. The Labute approximate surface area is 117 Å². The van der Waals surface area contributed by atoms with Gasteiger partial charge < -0.3 is 15.4 Å². The van der Waals surface area contributed by atoms with Crippen LogP contribution in [0.4, 0.5) is 0 Å². The number of H-pyrrole nitrogens is 1. The Bertz CT molecular complexity index is 582. The van der Waals surface area contributed by atoms with Crippen LogP contribution in [0, 0.1) is 0 Å². The molecule has 0 aliphatic carbocycles. The molecule has 6 nitrogen and oxygen atoms in total. The average molecular weight is 300 g/mol. The number of imidazole rings is 1. The lowest BCUT2D eigenvalue weighted by atomic mass is 10.1. The van der Waals surface area contributed by atoms with E-state index in [-0.39, 0.29) is 6.42 Å². The molecule has 2 aromatic heterocycles. The summed E-state index contributed by atoms with van der Waals surface area (Å²) in [7, 11) is 0. The molecule has 1 amide bonds. The van der Waals surface area contributed by atoms with Crippen molar-refractivity contribution in [2.24, 2.45) is 0 Å². The van der Waals surface area contributed by atoms with Crippen molar-refractivity contribution >= 4 is 34.8 Å². The summed E-state index contributed by atoms with van der Waals surface area (Å²) in [6.07, 6.45) is 3.09. The van der Waals surface area contributed by atoms with Crippen LogP contribution in [-0.2, 0) is 11.2 Å². The zero-order chi connectivity index (χ0) is 13.8. The van der Waals surface area contributed by atoms with Gasteiger partial charge in [-0.1, -0.05) is 11.6 Å². The molecule has 2 rings (SSSR count). The van der Waals surface area contributed by atoms with Crippen molar-refractivity contribution in [3.63, 3.8) is 0 Å². The first-order chi connectivity index (χ1) is 9.08. The Morgan fingerprint density at radius 2 is 2.37 bits per heavy atom. The van der Waals surface area contributed by atoms with Gasteiger partial charge >= 0.3 is 5.97 Å². The molecule has 1 unspecified atom stereocenters. The molecule has 8 heteroatoms. The van der Waals surface area contributed by atoms with Crippen LogP contribution in [0.15, 0.2) is 24.0 Å². The Morgan fingerprint density at radius 3 is 2.89 bits per heavy atom. The first kappa shape index (κ1) is 13.6. The Kier molecular flexibility index (Phi) is 4.18. The lowest BCUT2D eigenvalue weighted by Gasteiger charge is -2.13.